The molecule has 4 rings (SSSR count). The predicted octanol–water partition coefficient (Wildman–Crippen LogP) is 3.84. The van der Waals surface area contributed by atoms with Crippen LogP contribution < -0.4 is 9.80 Å². The third-order valence-electron chi connectivity index (χ3n) is 6.14. The predicted molar refractivity (Wildman–Crippen MR) is 109 cm³/mol. The van der Waals surface area contributed by atoms with E-state index in [9.17, 15) is 4.79 Å². The van der Waals surface area contributed by atoms with E-state index < -0.39 is 5.60 Å². The van der Waals surface area contributed by atoms with Gasteiger partial charge < -0.3 is 19.4 Å². The Morgan fingerprint density at radius 2 is 1.48 bits per heavy atom. The molecule has 0 unspecified atom stereocenters. The zero-order chi connectivity index (χ0) is 19.2. The average molecular weight is 372 g/mol. The molecule has 0 aliphatic carbocycles. The number of ether oxygens (including phenoxy) is 1. The van der Waals surface area contributed by atoms with E-state index in [0.29, 0.717) is 11.8 Å². The molecule has 1 amide bonds. The number of carbonyl (C=O) groups is 1. The van der Waals surface area contributed by atoms with Gasteiger partial charge in [0.2, 0.25) is 0 Å². The molecule has 3 heterocycles. The Morgan fingerprint density at radius 3 is 1.96 bits per heavy atom. The second kappa shape index (κ2) is 6.92. The summed E-state index contributed by atoms with van der Waals surface area (Å²) < 4.78 is 5.54. The lowest BCUT2D eigenvalue weighted by Gasteiger charge is -2.27. The van der Waals surface area contributed by atoms with E-state index in [1.165, 1.54) is 30.9 Å². The molecular weight excluding hydrogens is 338 g/mol. The molecule has 3 atom stereocenters. The molecule has 0 spiro atoms. The number of benzene rings is 1. The second-order valence-corrected chi connectivity index (χ2v) is 9.67. The molecule has 3 fully saturated rings. The van der Waals surface area contributed by atoms with Gasteiger partial charge in [-0.1, -0.05) is 6.92 Å². The highest BCUT2D eigenvalue weighted by Crippen LogP contribution is 2.35. The molecule has 0 N–H and O–H groups in total. The topological polar surface area (TPSA) is 36.0 Å². The number of likely N-dealkylation sites (tertiary alicyclic amines) is 1. The fourth-order valence-corrected chi connectivity index (χ4v) is 4.72. The molecule has 5 nitrogen and oxygen atoms in total. The van der Waals surface area contributed by atoms with E-state index in [4.69, 9.17) is 4.74 Å². The lowest BCUT2D eigenvalue weighted by molar-refractivity contribution is 0.0282. The third-order valence-corrected chi connectivity index (χ3v) is 6.14. The SMILES string of the molecule is C[C@@H]1CCN(c2ccc(N3C[C@H]4CN(C(=O)OC(C)(C)C)C[C@H]4C3)cc2)C1. The average Bonchev–Trinajstić information content (AvgIpc) is 3.27. The van der Waals surface area contributed by atoms with Gasteiger partial charge in [0.05, 0.1) is 0 Å². The maximum atomic E-state index is 12.3. The van der Waals surface area contributed by atoms with Gasteiger partial charge in [-0.2, -0.15) is 0 Å². The number of anilines is 2. The van der Waals surface area contributed by atoms with Gasteiger partial charge in [-0.15, -0.1) is 0 Å². The number of rotatable bonds is 2. The van der Waals surface area contributed by atoms with Gasteiger partial charge >= 0.3 is 6.09 Å². The normalized spacial score (nSPS) is 28.0. The summed E-state index contributed by atoms with van der Waals surface area (Å²) in [5.41, 5.74) is 2.23. The van der Waals surface area contributed by atoms with Crippen molar-refractivity contribution in [3.05, 3.63) is 24.3 Å². The first-order chi connectivity index (χ1) is 12.8. The van der Waals surface area contributed by atoms with Crippen LogP contribution in [0.1, 0.15) is 34.1 Å². The van der Waals surface area contributed by atoms with Gasteiger partial charge in [0, 0.05) is 62.5 Å². The van der Waals surface area contributed by atoms with Crippen molar-refractivity contribution in [2.24, 2.45) is 17.8 Å². The Hall–Kier alpha value is -1.91. The molecule has 0 aromatic heterocycles. The van der Waals surface area contributed by atoms with E-state index in [2.05, 4.69) is 41.0 Å². The standard InChI is InChI=1S/C22H33N3O2/c1-16-9-10-23(11-16)19-5-7-20(8-6-19)24-12-17-14-25(15-18(17)13-24)21(26)27-22(2,3)4/h5-8,16-18H,9-15H2,1-4H3/t16-,17-,18+/m1/s1. The molecule has 5 heteroatoms. The Labute approximate surface area is 163 Å². The lowest BCUT2D eigenvalue weighted by atomic mass is 10.0. The highest BCUT2D eigenvalue weighted by atomic mass is 16.6. The molecule has 0 radical (unpaired) electrons. The molecular formula is C22H33N3O2. The first-order valence-corrected chi connectivity index (χ1v) is 10.4. The second-order valence-electron chi connectivity index (χ2n) is 9.67. The van der Waals surface area contributed by atoms with Crippen LogP contribution in [0, 0.1) is 17.8 Å². The van der Waals surface area contributed by atoms with Crippen LogP contribution in [0.25, 0.3) is 0 Å². The minimum atomic E-state index is -0.421. The molecule has 3 aliphatic rings. The minimum absolute atomic E-state index is 0.160. The van der Waals surface area contributed by atoms with Crippen LogP contribution in [0.2, 0.25) is 0 Å². The number of nitrogens with zero attached hydrogens (tertiary/aromatic N) is 3. The van der Waals surface area contributed by atoms with Crippen LogP contribution in [-0.2, 0) is 4.74 Å². The molecule has 148 valence electrons. The Bertz CT molecular complexity index is 668. The molecule has 1 aromatic rings. The summed E-state index contributed by atoms with van der Waals surface area (Å²) in [7, 11) is 0. The van der Waals surface area contributed by atoms with Gasteiger partial charge in [0.25, 0.3) is 0 Å². The Kier molecular flexibility index (Phi) is 4.73. The van der Waals surface area contributed by atoms with Crippen molar-refractivity contribution >= 4 is 17.5 Å². The summed E-state index contributed by atoms with van der Waals surface area (Å²) >= 11 is 0. The first kappa shape index (κ1) is 18.5. The summed E-state index contributed by atoms with van der Waals surface area (Å²) in [5.74, 6) is 1.91. The maximum absolute atomic E-state index is 12.3. The quantitative estimate of drug-likeness (QED) is 0.791. The minimum Gasteiger partial charge on any atom is -0.444 e. The van der Waals surface area contributed by atoms with Crippen molar-refractivity contribution in [1.82, 2.24) is 4.90 Å². The fraction of sp³-hybridized carbons (Fsp3) is 0.682. The smallest absolute Gasteiger partial charge is 0.410 e. The lowest BCUT2D eigenvalue weighted by Crippen LogP contribution is -2.37. The van der Waals surface area contributed by atoms with Crippen LogP contribution in [0.3, 0.4) is 0 Å². The van der Waals surface area contributed by atoms with Gasteiger partial charge in [0.1, 0.15) is 5.60 Å². The molecule has 0 bridgehead atoms. The zero-order valence-electron chi connectivity index (χ0n) is 17.1. The molecule has 0 saturated carbocycles. The van der Waals surface area contributed by atoms with E-state index >= 15 is 0 Å². The summed E-state index contributed by atoms with van der Waals surface area (Å²) in [4.78, 5) is 19.2. The Balaban J connectivity index is 1.33. The number of hydrogen-bond acceptors (Lipinski definition) is 4. The molecule has 3 aliphatic heterocycles. The molecule has 27 heavy (non-hydrogen) atoms. The number of amides is 1. The maximum Gasteiger partial charge on any atom is 0.410 e. The van der Waals surface area contributed by atoms with Crippen molar-refractivity contribution in [3.8, 4) is 0 Å². The zero-order valence-corrected chi connectivity index (χ0v) is 17.1. The van der Waals surface area contributed by atoms with Gasteiger partial charge in [-0.05, 0) is 57.4 Å². The monoisotopic (exact) mass is 371 g/mol. The summed E-state index contributed by atoms with van der Waals surface area (Å²) in [5, 5.41) is 0. The largest absolute Gasteiger partial charge is 0.444 e. The molecule has 1 aromatic carbocycles. The van der Waals surface area contributed by atoms with Crippen molar-refractivity contribution in [2.45, 2.75) is 39.7 Å². The van der Waals surface area contributed by atoms with Crippen molar-refractivity contribution in [1.29, 1.82) is 0 Å². The van der Waals surface area contributed by atoms with Gasteiger partial charge in [-0.25, -0.2) is 4.79 Å². The number of carbonyl (C=O) groups excluding carboxylic acids is 1. The van der Waals surface area contributed by atoms with E-state index in [0.717, 1.165) is 32.1 Å². The highest BCUT2D eigenvalue weighted by molar-refractivity contribution is 5.69. The Morgan fingerprint density at radius 1 is 0.926 bits per heavy atom. The number of hydrogen-bond donors (Lipinski definition) is 0. The molecule has 3 saturated heterocycles. The highest BCUT2D eigenvalue weighted by Gasteiger charge is 2.42. The van der Waals surface area contributed by atoms with Crippen LogP contribution in [0.15, 0.2) is 24.3 Å². The van der Waals surface area contributed by atoms with Crippen molar-refractivity contribution < 1.29 is 9.53 Å². The van der Waals surface area contributed by atoms with Crippen LogP contribution in [0.4, 0.5) is 16.2 Å². The van der Waals surface area contributed by atoms with E-state index in [1.54, 1.807) is 0 Å². The van der Waals surface area contributed by atoms with Crippen LogP contribution >= 0.6 is 0 Å². The van der Waals surface area contributed by atoms with E-state index in [1.807, 2.05) is 25.7 Å². The van der Waals surface area contributed by atoms with Gasteiger partial charge in [0.15, 0.2) is 0 Å². The third kappa shape index (κ3) is 4.02. The summed E-state index contributed by atoms with van der Waals surface area (Å²) in [6.45, 7) is 14.2. The van der Waals surface area contributed by atoms with Crippen molar-refractivity contribution in [3.63, 3.8) is 0 Å². The van der Waals surface area contributed by atoms with E-state index in [-0.39, 0.29) is 6.09 Å². The number of fused-ring (bicyclic) bond motifs is 1. The summed E-state index contributed by atoms with van der Waals surface area (Å²) in [6.07, 6.45) is 1.14. The fourth-order valence-electron chi connectivity index (χ4n) is 4.72. The van der Waals surface area contributed by atoms with Gasteiger partial charge in [-0.3, -0.25) is 0 Å². The first-order valence-electron chi connectivity index (χ1n) is 10.4. The van der Waals surface area contributed by atoms with Crippen LogP contribution in [-0.4, -0.2) is 55.9 Å². The summed E-state index contributed by atoms with van der Waals surface area (Å²) in [6, 6.07) is 9.08. The van der Waals surface area contributed by atoms with Crippen LogP contribution in [0.5, 0.6) is 0 Å². The van der Waals surface area contributed by atoms with Crippen molar-refractivity contribution in [2.75, 3.05) is 49.1 Å².